The average Bonchev–Trinajstić information content (AvgIpc) is 2.89. The van der Waals surface area contributed by atoms with Crippen LogP contribution in [-0.2, 0) is 30.3 Å². The Labute approximate surface area is 263 Å². The molecule has 0 aliphatic heterocycles. The minimum Gasteiger partial charge on any atom is -0.458 e. The molecule has 0 fully saturated rings. The predicted octanol–water partition coefficient (Wildman–Crippen LogP) is 5.89. The van der Waals surface area contributed by atoms with E-state index in [1.165, 1.54) is 4.90 Å². The number of rotatable bonds is 12. The number of benzene rings is 2. The van der Waals surface area contributed by atoms with Gasteiger partial charge in [-0.1, -0.05) is 74.0 Å². The van der Waals surface area contributed by atoms with Gasteiger partial charge in [-0.25, -0.2) is 9.59 Å². The van der Waals surface area contributed by atoms with Gasteiger partial charge in [0.05, 0.1) is 0 Å². The van der Waals surface area contributed by atoms with Crippen molar-refractivity contribution in [1.82, 2.24) is 15.5 Å². The fourth-order valence-corrected chi connectivity index (χ4v) is 4.70. The van der Waals surface area contributed by atoms with Gasteiger partial charge in [-0.2, -0.15) is 0 Å². The SMILES string of the molecule is CCN(C(=O)C(CC(C)C)NC(=O)OC(C)(C)C)C(C(=O)NC(Cc1ccccc1)C(=O)OC(C)(C)C)c1ccc(C)cc1. The topological polar surface area (TPSA) is 114 Å². The van der Waals surface area contributed by atoms with Crippen LogP contribution in [0.4, 0.5) is 4.79 Å². The monoisotopic (exact) mass is 609 g/mol. The number of nitrogens with one attached hydrogen (secondary N) is 2. The highest BCUT2D eigenvalue weighted by atomic mass is 16.6. The summed E-state index contributed by atoms with van der Waals surface area (Å²) in [6.07, 6.45) is -0.166. The lowest BCUT2D eigenvalue weighted by atomic mass is 9.98. The molecular formula is C35H51N3O6. The Morgan fingerprint density at radius 3 is 1.86 bits per heavy atom. The number of nitrogens with zero attached hydrogens (tertiary/aromatic N) is 1. The van der Waals surface area contributed by atoms with Crippen LogP contribution in [0.5, 0.6) is 0 Å². The first kappa shape index (κ1) is 36.3. The zero-order valence-corrected chi connectivity index (χ0v) is 28.0. The summed E-state index contributed by atoms with van der Waals surface area (Å²) in [5.74, 6) is -1.47. The number of aryl methyl sites for hydroxylation is 1. The maximum Gasteiger partial charge on any atom is 0.408 e. The van der Waals surface area contributed by atoms with E-state index in [2.05, 4.69) is 10.6 Å². The number of hydrogen-bond acceptors (Lipinski definition) is 6. The molecule has 242 valence electrons. The Bertz CT molecular complexity index is 1250. The molecule has 9 nitrogen and oxygen atoms in total. The number of carbonyl (C=O) groups is 4. The molecule has 0 aliphatic carbocycles. The third-order valence-electron chi connectivity index (χ3n) is 6.56. The highest BCUT2D eigenvalue weighted by Gasteiger charge is 2.38. The predicted molar refractivity (Wildman–Crippen MR) is 172 cm³/mol. The van der Waals surface area contributed by atoms with Crippen LogP contribution in [0, 0.1) is 12.8 Å². The highest BCUT2D eigenvalue weighted by Crippen LogP contribution is 2.25. The summed E-state index contributed by atoms with van der Waals surface area (Å²) in [6.45, 7) is 18.3. The molecule has 0 saturated carbocycles. The second kappa shape index (κ2) is 15.7. The number of esters is 1. The van der Waals surface area contributed by atoms with E-state index >= 15 is 0 Å². The van der Waals surface area contributed by atoms with Gasteiger partial charge in [0.25, 0.3) is 0 Å². The molecule has 3 unspecified atom stereocenters. The van der Waals surface area contributed by atoms with Gasteiger partial charge in [-0.15, -0.1) is 0 Å². The summed E-state index contributed by atoms with van der Waals surface area (Å²) in [5.41, 5.74) is 0.890. The third kappa shape index (κ3) is 12.0. The Balaban J connectivity index is 2.52. The number of hydrogen-bond donors (Lipinski definition) is 2. The maximum atomic E-state index is 14.2. The highest BCUT2D eigenvalue weighted by molar-refractivity contribution is 5.94. The summed E-state index contributed by atoms with van der Waals surface area (Å²) < 4.78 is 11.1. The second-order valence-electron chi connectivity index (χ2n) is 13.6. The molecule has 0 aliphatic rings. The Hall–Kier alpha value is -3.88. The molecule has 2 N–H and O–H groups in total. The van der Waals surface area contributed by atoms with Crippen LogP contribution in [0.1, 0.15) is 91.5 Å². The third-order valence-corrected chi connectivity index (χ3v) is 6.56. The van der Waals surface area contributed by atoms with Crippen LogP contribution >= 0.6 is 0 Å². The Morgan fingerprint density at radius 2 is 1.36 bits per heavy atom. The van der Waals surface area contributed by atoms with Crippen LogP contribution in [0.3, 0.4) is 0 Å². The van der Waals surface area contributed by atoms with Gasteiger partial charge in [-0.3, -0.25) is 9.59 Å². The molecule has 0 bridgehead atoms. The van der Waals surface area contributed by atoms with Gasteiger partial charge in [-0.05, 0) is 78.9 Å². The molecule has 2 rings (SSSR count). The van der Waals surface area contributed by atoms with Gasteiger partial charge in [0.2, 0.25) is 11.8 Å². The quantitative estimate of drug-likeness (QED) is 0.290. The normalized spacial score (nSPS) is 13.8. The lowest BCUT2D eigenvalue weighted by molar-refractivity contribution is -0.159. The van der Waals surface area contributed by atoms with Gasteiger partial charge < -0.3 is 25.0 Å². The van der Waals surface area contributed by atoms with Crippen molar-refractivity contribution in [2.45, 2.75) is 111 Å². The molecule has 3 amide bonds. The number of likely N-dealkylation sites (N-methyl/N-ethyl adjacent to an activating group) is 1. The van der Waals surface area contributed by atoms with E-state index in [1.807, 2.05) is 63.2 Å². The molecule has 0 saturated heterocycles. The summed E-state index contributed by atoms with van der Waals surface area (Å²) >= 11 is 0. The molecule has 0 aromatic heterocycles. The molecule has 9 heteroatoms. The van der Waals surface area contributed by atoms with Gasteiger partial charge in [0.1, 0.15) is 29.3 Å². The van der Waals surface area contributed by atoms with Crippen molar-refractivity contribution in [1.29, 1.82) is 0 Å². The van der Waals surface area contributed by atoms with Crippen molar-refractivity contribution < 1.29 is 28.7 Å². The summed E-state index contributed by atoms with van der Waals surface area (Å²) in [5, 5.41) is 5.64. The minimum absolute atomic E-state index is 0.0617. The van der Waals surface area contributed by atoms with Crippen LogP contribution in [0.15, 0.2) is 54.6 Å². The number of amides is 3. The maximum absolute atomic E-state index is 14.2. The van der Waals surface area contributed by atoms with Crippen molar-refractivity contribution in [2.24, 2.45) is 5.92 Å². The van der Waals surface area contributed by atoms with Crippen molar-refractivity contribution >= 4 is 23.9 Å². The smallest absolute Gasteiger partial charge is 0.408 e. The summed E-state index contributed by atoms with van der Waals surface area (Å²) in [6, 6.07) is 13.7. The molecule has 2 aromatic rings. The zero-order valence-electron chi connectivity index (χ0n) is 28.0. The first-order valence-electron chi connectivity index (χ1n) is 15.3. The van der Waals surface area contributed by atoms with E-state index in [0.29, 0.717) is 12.0 Å². The first-order valence-corrected chi connectivity index (χ1v) is 15.3. The molecule has 44 heavy (non-hydrogen) atoms. The second-order valence-corrected chi connectivity index (χ2v) is 13.6. The van der Waals surface area contributed by atoms with E-state index in [-0.39, 0.29) is 18.9 Å². The standard InChI is InChI=1S/C35H51N3O6/c1-11-38(31(40)27(21-23(2)3)37-33(42)44-35(8,9)10)29(26-19-17-24(4)18-20-26)30(39)36-28(32(41)43-34(5,6)7)22-25-15-13-12-14-16-25/h12-20,23,27-29H,11,21-22H2,1-10H3,(H,36,39)(H,37,42). The van der Waals surface area contributed by atoms with E-state index in [4.69, 9.17) is 9.47 Å². The lowest BCUT2D eigenvalue weighted by Gasteiger charge is -2.35. The number of carbonyl (C=O) groups excluding carboxylic acids is 4. The van der Waals surface area contributed by atoms with E-state index in [0.717, 1.165) is 11.1 Å². The molecule has 2 aromatic carbocycles. The molecule has 0 heterocycles. The van der Waals surface area contributed by atoms with Gasteiger partial charge >= 0.3 is 12.1 Å². The van der Waals surface area contributed by atoms with Crippen LogP contribution in [-0.4, -0.2) is 58.6 Å². The number of ether oxygens (including phenoxy) is 2. The molecule has 0 radical (unpaired) electrons. The van der Waals surface area contributed by atoms with Gasteiger partial charge in [0.15, 0.2) is 0 Å². The van der Waals surface area contributed by atoms with Crippen molar-refractivity contribution in [3.8, 4) is 0 Å². The Kier molecular flexibility index (Phi) is 13.0. The van der Waals surface area contributed by atoms with Crippen molar-refractivity contribution in [2.75, 3.05) is 6.54 Å². The molecule has 0 spiro atoms. The van der Waals surface area contributed by atoms with E-state index in [1.54, 1.807) is 60.6 Å². The zero-order chi connectivity index (χ0) is 33.2. The van der Waals surface area contributed by atoms with E-state index < -0.39 is 53.2 Å². The first-order chi connectivity index (χ1) is 20.4. The summed E-state index contributed by atoms with van der Waals surface area (Å²) in [7, 11) is 0. The van der Waals surface area contributed by atoms with Crippen LogP contribution in [0.2, 0.25) is 0 Å². The van der Waals surface area contributed by atoms with Crippen LogP contribution < -0.4 is 10.6 Å². The fraction of sp³-hybridized carbons (Fsp3) is 0.543. The average molecular weight is 610 g/mol. The Morgan fingerprint density at radius 1 is 0.795 bits per heavy atom. The minimum atomic E-state index is -1.08. The van der Waals surface area contributed by atoms with E-state index in [9.17, 15) is 19.2 Å². The summed E-state index contributed by atoms with van der Waals surface area (Å²) in [4.78, 5) is 56.0. The molecule has 3 atom stereocenters. The largest absolute Gasteiger partial charge is 0.458 e. The number of alkyl carbamates (subject to hydrolysis) is 1. The van der Waals surface area contributed by atoms with Crippen LogP contribution in [0.25, 0.3) is 0 Å². The fourth-order valence-electron chi connectivity index (χ4n) is 4.70. The molecular weight excluding hydrogens is 558 g/mol. The lowest BCUT2D eigenvalue weighted by Crippen LogP contribution is -2.55. The van der Waals surface area contributed by atoms with Crippen molar-refractivity contribution in [3.63, 3.8) is 0 Å². The van der Waals surface area contributed by atoms with Crippen molar-refractivity contribution in [3.05, 3.63) is 71.3 Å². The van der Waals surface area contributed by atoms with Gasteiger partial charge in [0, 0.05) is 13.0 Å².